The molecular weight excluding hydrogens is 354 g/mol. The van der Waals surface area contributed by atoms with Crippen molar-refractivity contribution in [2.75, 3.05) is 13.1 Å². The van der Waals surface area contributed by atoms with Gasteiger partial charge >= 0.3 is 0 Å². The van der Waals surface area contributed by atoms with Gasteiger partial charge in [0.25, 0.3) is 5.89 Å². The summed E-state index contributed by atoms with van der Waals surface area (Å²) in [6.07, 6.45) is 8.28. The van der Waals surface area contributed by atoms with Crippen molar-refractivity contribution in [1.82, 2.24) is 25.1 Å². The topological polar surface area (TPSA) is 85.0 Å². The van der Waals surface area contributed by atoms with Gasteiger partial charge < -0.3 is 9.32 Å². The predicted molar refractivity (Wildman–Crippen MR) is 103 cm³/mol. The first-order chi connectivity index (χ1) is 13.8. The Morgan fingerprint density at radius 1 is 1.04 bits per heavy atom. The molecule has 1 aliphatic heterocycles. The van der Waals surface area contributed by atoms with Gasteiger partial charge in [0.1, 0.15) is 5.69 Å². The van der Waals surface area contributed by atoms with Crippen LogP contribution in [0.3, 0.4) is 0 Å². The van der Waals surface area contributed by atoms with Crippen LogP contribution < -0.4 is 0 Å². The number of amides is 1. The molecule has 0 atom stereocenters. The Kier molecular flexibility index (Phi) is 4.20. The van der Waals surface area contributed by atoms with Crippen LogP contribution in [0.4, 0.5) is 0 Å². The van der Waals surface area contributed by atoms with Crippen molar-refractivity contribution in [3.05, 3.63) is 54.5 Å². The highest BCUT2D eigenvalue weighted by molar-refractivity contribution is 5.82. The molecule has 7 heteroatoms. The molecule has 1 aliphatic carbocycles. The van der Waals surface area contributed by atoms with E-state index in [4.69, 9.17) is 4.42 Å². The normalized spacial score (nSPS) is 16.7. The minimum atomic E-state index is 0.259. The first-order valence-corrected chi connectivity index (χ1v) is 9.47. The Hall–Kier alpha value is -3.35. The predicted octanol–water partition coefficient (Wildman–Crippen LogP) is 3.22. The van der Waals surface area contributed by atoms with Crippen LogP contribution in [0.2, 0.25) is 0 Å². The number of benzene rings is 1. The smallest absolute Gasteiger partial charge is 0.268 e. The third-order valence-electron chi connectivity index (χ3n) is 5.08. The molecule has 0 radical (unpaired) electrons. The van der Waals surface area contributed by atoms with Gasteiger partial charge in [-0.3, -0.25) is 9.78 Å². The first-order valence-electron chi connectivity index (χ1n) is 9.47. The summed E-state index contributed by atoms with van der Waals surface area (Å²) in [5.41, 5.74) is 3.29. The number of aromatic nitrogens is 4. The van der Waals surface area contributed by atoms with Gasteiger partial charge in [-0.1, -0.05) is 24.3 Å². The monoisotopic (exact) mass is 373 g/mol. The molecule has 2 aromatic heterocycles. The maximum atomic E-state index is 12.2. The fourth-order valence-corrected chi connectivity index (χ4v) is 3.34. The summed E-state index contributed by atoms with van der Waals surface area (Å²) < 4.78 is 5.78. The number of rotatable bonds is 4. The summed E-state index contributed by atoms with van der Waals surface area (Å²) >= 11 is 0. The molecule has 28 heavy (non-hydrogen) atoms. The standard InChI is InChI=1S/C21H19N5O2/c27-21(16-6-7-16)26-10-8-14(9-11-26)17-12-22-13-18(23-17)20-25-24-19(28-20)15-4-2-1-3-5-15/h1-5,8,12-13,16H,6-7,9-11H2. The van der Waals surface area contributed by atoms with Crippen LogP contribution in [-0.4, -0.2) is 44.1 Å². The molecule has 0 unspecified atom stereocenters. The van der Waals surface area contributed by atoms with E-state index < -0.39 is 0 Å². The molecule has 0 N–H and O–H groups in total. The third-order valence-corrected chi connectivity index (χ3v) is 5.08. The van der Waals surface area contributed by atoms with Gasteiger partial charge in [0.05, 0.1) is 18.1 Å². The summed E-state index contributed by atoms with van der Waals surface area (Å²) in [4.78, 5) is 23.1. The second kappa shape index (κ2) is 6.99. The van der Waals surface area contributed by atoms with Crippen molar-refractivity contribution in [3.8, 4) is 23.0 Å². The lowest BCUT2D eigenvalue weighted by atomic mass is 10.0. The van der Waals surface area contributed by atoms with E-state index in [-0.39, 0.29) is 11.8 Å². The van der Waals surface area contributed by atoms with E-state index in [1.807, 2.05) is 35.2 Å². The maximum Gasteiger partial charge on any atom is 0.268 e. The second-order valence-corrected chi connectivity index (χ2v) is 7.11. The quantitative estimate of drug-likeness (QED) is 0.698. The SMILES string of the molecule is O=C(C1CC1)N1CC=C(c2cncc(-c3nnc(-c4ccccc4)o3)n2)CC1. The van der Waals surface area contributed by atoms with Gasteiger partial charge in [-0.25, -0.2) is 4.98 Å². The molecule has 0 saturated heterocycles. The average molecular weight is 373 g/mol. The Labute approximate surface area is 162 Å². The van der Waals surface area contributed by atoms with E-state index in [9.17, 15) is 4.79 Å². The number of hydrogen-bond acceptors (Lipinski definition) is 6. The number of hydrogen-bond donors (Lipinski definition) is 0. The maximum absolute atomic E-state index is 12.2. The van der Waals surface area contributed by atoms with Crippen LogP contribution in [-0.2, 0) is 4.79 Å². The van der Waals surface area contributed by atoms with E-state index in [1.54, 1.807) is 12.4 Å². The lowest BCUT2D eigenvalue weighted by Crippen LogP contribution is -2.35. The van der Waals surface area contributed by atoms with E-state index in [0.717, 1.165) is 42.6 Å². The van der Waals surface area contributed by atoms with E-state index in [2.05, 4.69) is 26.2 Å². The Morgan fingerprint density at radius 3 is 2.57 bits per heavy atom. The van der Waals surface area contributed by atoms with Crippen molar-refractivity contribution in [1.29, 1.82) is 0 Å². The van der Waals surface area contributed by atoms with E-state index in [0.29, 0.717) is 24.0 Å². The Balaban J connectivity index is 1.36. The molecule has 5 rings (SSSR count). The van der Waals surface area contributed by atoms with Crippen LogP contribution >= 0.6 is 0 Å². The number of nitrogens with zero attached hydrogens (tertiary/aromatic N) is 5. The zero-order valence-electron chi connectivity index (χ0n) is 15.3. The number of carbonyl (C=O) groups is 1. The molecule has 3 heterocycles. The average Bonchev–Trinajstić information content (AvgIpc) is 3.50. The summed E-state index contributed by atoms with van der Waals surface area (Å²) in [6, 6.07) is 9.62. The van der Waals surface area contributed by atoms with Crippen molar-refractivity contribution in [2.45, 2.75) is 19.3 Å². The molecule has 1 aromatic carbocycles. The summed E-state index contributed by atoms with van der Waals surface area (Å²) in [5, 5.41) is 8.23. The lowest BCUT2D eigenvalue weighted by Gasteiger charge is -2.26. The summed E-state index contributed by atoms with van der Waals surface area (Å²) in [5.74, 6) is 1.34. The summed E-state index contributed by atoms with van der Waals surface area (Å²) in [6.45, 7) is 1.36. The van der Waals surface area contributed by atoms with Crippen molar-refractivity contribution in [2.24, 2.45) is 5.92 Å². The minimum absolute atomic E-state index is 0.259. The van der Waals surface area contributed by atoms with Gasteiger partial charge in [0, 0.05) is 24.6 Å². The number of carbonyl (C=O) groups excluding carboxylic acids is 1. The van der Waals surface area contributed by atoms with E-state index in [1.165, 1.54) is 0 Å². The van der Waals surface area contributed by atoms with Crippen LogP contribution in [0.1, 0.15) is 25.0 Å². The van der Waals surface area contributed by atoms with Gasteiger partial charge in [0.2, 0.25) is 11.8 Å². The molecule has 2 aliphatic rings. The first kappa shape index (κ1) is 16.8. The molecule has 1 fully saturated rings. The molecule has 1 saturated carbocycles. The van der Waals surface area contributed by atoms with Gasteiger partial charge in [-0.05, 0) is 37.0 Å². The second-order valence-electron chi connectivity index (χ2n) is 7.11. The molecule has 0 spiro atoms. The largest absolute Gasteiger partial charge is 0.415 e. The van der Waals surface area contributed by atoms with Crippen molar-refractivity contribution >= 4 is 11.5 Å². The zero-order valence-corrected chi connectivity index (χ0v) is 15.3. The minimum Gasteiger partial charge on any atom is -0.415 e. The molecular formula is C21H19N5O2. The van der Waals surface area contributed by atoms with Gasteiger partial charge in [-0.15, -0.1) is 10.2 Å². The molecule has 0 bridgehead atoms. The van der Waals surface area contributed by atoms with Crippen LogP contribution in [0.15, 0.2) is 53.2 Å². The van der Waals surface area contributed by atoms with Gasteiger partial charge in [0.15, 0.2) is 0 Å². The molecule has 140 valence electrons. The van der Waals surface area contributed by atoms with E-state index >= 15 is 0 Å². The van der Waals surface area contributed by atoms with Crippen molar-refractivity contribution in [3.63, 3.8) is 0 Å². The highest BCUT2D eigenvalue weighted by atomic mass is 16.4. The molecule has 1 amide bonds. The molecule has 7 nitrogen and oxygen atoms in total. The molecule has 3 aromatic rings. The van der Waals surface area contributed by atoms with Crippen molar-refractivity contribution < 1.29 is 9.21 Å². The lowest BCUT2D eigenvalue weighted by molar-refractivity contribution is -0.132. The van der Waals surface area contributed by atoms with Gasteiger partial charge in [-0.2, -0.15) is 0 Å². The Bertz CT molecular complexity index is 1040. The van der Waals surface area contributed by atoms with Crippen LogP contribution in [0.25, 0.3) is 28.6 Å². The fraction of sp³-hybridized carbons (Fsp3) is 0.286. The third kappa shape index (κ3) is 3.31. The van der Waals surface area contributed by atoms with Crippen LogP contribution in [0, 0.1) is 5.92 Å². The zero-order chi connectivity index (χ0) is 18.9. The Morgan fingerprint density at radius 2 is 1.82 bits per heavy atom. The van der Waals surface area contributed by atoms with Crippen LogP contribution in [0.5, 0.6) is 0 Å². The fourth-order valence-electron chi connectivity index (χ4n) is 3.34. The summed E-state index contributed by atoms with van der Waals surface area (Å²) in [7, 11) is 0. The highest BCUT2D eigenvalue weighted by Crippen LogP contribution is 2.32. The highest BCUT2D eigenvalue weighted by Gasteiger charge is 2.33.